The summed E-state index contributed by atoms with van der Waals surface area (Å²) in [4.78, 5) is 13.1. The van der Waals surface area contributed by atoms with Crippen LogP contribution in [-0.4, -0.2) is 14.3 Å². The van der Waals surface area contributed by atoms with Crippen LogP contribution in [-0.2, 0) is 6.54 Å². The molecule has 0 aliphatic heterocycles. The molecule has 148 valence electrons. The molecule has 4 nitrogen and oxygen atoms in total. The normalized spacial score (nSPS) is 11.4. The van der Waals surface area contributed by atoms with Gasteiger partial charge in [-0.05, 0) is 75.1 Å². The van der Waals surface area contributed by atoms with Gasteiger partial charge in [-0.15, -0.1) is 0 Å². The molecule has 0 saturated carbocycles. The molecule has 0 unspecified atom stereocenters. The first kappa shape index (κ1) is 19.1. The number of aryl methyl sites for hydroxylation is 5. The van der Waals surface area contributed by atoms with E-state index in [1.54, 1.807) is 27.4 Å². The molecule has 5 heteroatoms. The number of halogens is 1. The van der Waals surface area contributed by atoms with Crippen LogP contribution in [0, 0.1) is 40.4 Å². The topological polar surface area (TPSA) is 39.8 Å². The van der Waals surface area contributed by atoms with Crippen molar-refractivity contribution in [1.29, 1.82) is 0 Å². The van der Waals surface area contributed by atoms with Crippen molar-refractivity contribution in [1.82, 2.24) is 14.3 Å². The molecule has 0 bridgehead atoms. The molecule has 2 aromatic heterocycles. The molecule has 4 rings (SSSR count). The standard InChI is InChI=1S/C24H24FN3O/c1-14-9-15(2)21(16(3)10-14)13-27-22(29)11-17(4)23-18(5)26-28(24(23)27)20-8-6-7-19(25)12-20/h6-12H,13H2,1-5H3. The Balaban J connectivity index is 2.03. The van der Waals surface area contributed by atoms with Gasteiger partial charge in [-0.3, -0.25) is 9.36 Å². The van der Waals surface area contributed by atoms with E-state index in [2.05, 4.69) is 38.0 Å². The van der Waals surface area contributed by atoms with E-state index in [-0.39, 0.29) is 11.4 Å². The van der Waals surface area contributed by atoms with Crippen LogP contribution in [0.5, 0.6) is 0 Å². The lowest BCUT2D eigenvalue weighted by atomic mass is 9.99. The summed E-state index contributed by atoms with van der Waals surface area (Å²) >= 11 is 0. The Morgan fingerprint density at radius 3 is 2.28 bits per heavy atom. The largest absolute Gasteiger partial charge is 0.288 e. The SMILES string of the molecule is Cc1cc(C)c(Cn2c(=O)cc(C)c3c(C)nn(-c4cccc(F)c4)c32)c(C)c1. The van der Waals surface area contributed by atoms with Gasteiger partial charge in [0.2, 0.25) is 0 Å². The van der Waals surface area contributed by atoms with Gasteiger partial charge in [-0.25, -0.2) is 9.07 Å². The van der Waals surface area contributed by atoms with E-state index in [0.717, 1.165) is 33.3 Å². The Hall–Kier alpha value is -3.21. The highest BCUT2D eigenvalue weighted by molar-refractivity contribution is 5.83. The zero-order chi connectivity index (χ0) is 20.9. The summed E-state index contributed by atoms with van der Waals surface area (Å²) in [5, 5.41) is 5.58. The van der Waals surface area contributed by atoms with Crippen molar-refractivity contribution in [3.05, 3.63) is 92.1 Å². The van der Waals surface area contributed by atoms with Gasteiger partial charge in [0, 0.05) is 11.5 Å². The molecule has 0 spiro atoms. The van der Waals surface area contributed by atoms with Crippen LogP contribution in [0.1, 0.15) is 33.5 Å². The van der Waals surface area contributed by atoms with E-state index < -0.39 is 0 Å². The highest BCUT2D eigenvalue weighted by Gasteiger charge is 2.18. The van der Waals surface area contributed by atoms with Crippen LogP contribution in [0.4, 0.5) is 4.39 Å². The Bertz CT molecular complexity index is 1290. The highest BCUT2D eigenvalue weighted by Crippen LogP contribution is 2.26. The summed E-state index contributed by atoms with van der Waals surface area (Å²) in [5.74, 6) is -0.337. The quantitative estimate of drug-likeness (QED) is 0.499. The van der Waals surface area contributed by atoms with Crippen molar-refractivity contribution in [2.45, 2.75) is 41.2 Å². The van der Waals surface area contributed by atoms with E-state index in [4.69, 9.17) is 0 Å². The van der Waals surface area contributed by atoms with Gasteiger partial charge in [-0.1, -0.05) is 23.8 Å². The molecule has 0 saturated heterocycles. The van der Waals surface area contributed by atoms with Gasteiger partial charge in [-0.2, -0.15) is 5.10 Å². The number of aromatic nitrogens is 3. The first-order valence-corrected chi connectivity index (χ1v) is 9.68. The second-order valence-electron chi connectivity index (χ2n) is 7.80. The van der Waals surface area contributed by atoms with Crippen molar-refractivity contribution < 1.29 is 4.39 Å². The average molecular weight is 389 g/mol. The summed E-state index contributed by atoms with van der Waals surface area (Å²) in [6.07, 6.45) is 0. The first-order chi connectivity index (χ1) is 13.8. The Morgan fingerprint density at radius 2 is 1.62 bits per heavy atom. The number of fused-ring (bicyclic) bond motifs is 1. The van der Waals surface area contributed by atoms with E-state index in [1.165, 1.54) is 17.7 Å². The van der Waals surface area contributed by atoms with Gasteiger partial charge in [0.05, 0.1) is 17.9 Å². The van der Waals surface area contributed by atoms with Crippen LogP contribution in [0.2, 0.25) is 0 Å². The second kappa shape index (κ2) is 6.99. The van der Waals surface area contributed by atoms with Crippen LogP contribution >= 0.6 is 0 Å². The van der Waals surface area contributed by atoms with Gasteiger partial charge in [0.15, 0.2) is 0 Å². The molecule has 0 N–H and O–H groups in total. The number of pyridine rings is 1. The fourth-order valence-corrected chi connectivity index (χ4v) is 4.22. The summed E-state index contributed by atoms with van der Waals surface area (Å²) in [6.45, 7) is 10.5. The molecule has 2 aromatic carbocycles. The first-order valence-electron chi connectivity index (χ1n) is 9.68. The molecule has 0 atom stereocenters. The lowest BCUT2D eigenvalue weighted by Gasteiger charge is -2.16. The van der Waals surface area contributed by atoms with E-state index in [1.807, 2.05) is 13.8 Å². The summed E-state index contributed by atoms with van der Waals surface area (Å²) in [5.41, 5.74) is 7.50. The molecule has 29 heavy (non-hydrogen) atoms. The van der Waals surface area contributed by atoms with Gasteiger partial charge >= 0.3 is 0 Å². The van der Waals surface area contributed by atoms with Crippen molar-refractivity contribution in [3.63, 3.8) is 0 Å². The van der Waals surface area contributed by atoms with Crippen molar-refractivity contribution in [3.8, 4) is 5.69 Å². The smallest absolute Gasteiger partial charge is 0.252 e. The monoisotopic (exact) mass is 389 g/mol. The molecule has 0 radical (unpaired) electrons. The third kappa shape index (κ3) is 3.27. The molecular weight excluding hydrogens is 365 g/mol. The molecule has 2 heterocycles. The predicted octanol–water partition coefficient (Wildman–Crippen LogP) is 4.92. The summed E-state index contributed by atoms with van der Waals surface area (Å²) in [6, 6.07) is 12.2. The molecule has 0 fully saturated rings. The molecule has 0 amide bonds. The van der Waals surface area contributed by atoms with Gasteiger partial charge < -0.3 is 0 Å². The lowest BCUT2D eigenvalue weighted by molar-refractivity contribution is 0.625. The molecular formula is C24H24FN3O. The minimum Gasteiger partial charge on any atom is -0.288 e. The van der Waals surface area contributed by atoms with Crippen molar-refractivity contribution >= 4 is 11.0 Å². The molecule has 0 aliphatic rings. The second-order valence-corrected chi connectivity index (χ2v) is 7.80. The Morgan fingerprint density at radius 1 is 0.931 bits per heavy atom. The molecule has 0 aliphatic carbocycles. The fraction of sp³-hybridized carbons (Fsp3) is 0.250. The number of hydrogen-bond acceptors (Lipinski definition) is 2. The lowest BCUT2D eigenvalue weighted by Crippen LogP contribution is -2.23. The maximum absolute atomic E-state index is 13.9. The number of rotatable bonds is 3. The number of benzene rings is 2. The predicted molar refractivity (Wildman–Crippen MR) is 115 cm³/mol. The van der Waals surface area contributed by atoms with Crippen molar-refractivity contribution in [2.75, 3.05) is 0 Å². The summed E-state index contributed by atoms with van der Waals surface area (Å²) < 4.78 is 17.3. The van der Waals surface area contributed by atoms with Gasteiger partial charge in [0.25, 0.3) is 5.56 Å². The zero-order valence-electron chi connectivity index (χ0n) is 17.4. The Labute approximate surface area is 169 Å². The van der Waals surface area contributed by atoms with Crippen molar-refractivity contribution in [2.24, 2.45) is 0 Å². The maximum atomic E-state index is 13.9. The zero-order valence-corrected chi connectivity index (χ0v) is 17.4. The summed E-state index contributed by atoms with van der Waals surface area (Å²) in [7, 11) is 0. The minimum atomic E-state index is -0.337. The number of nitrogens with zero attached hydrogens (tertiary/aromatic N) is 3. The van der Waals surface area contributed by atoms with Crippen LogP contribution in [0.3, 0.4) is 0 Å². The van der Waals surface area contributed by atoms with Crippen LogP contribution in [0.15, 0.2) is 47.3 Å². The van der Waals surface area contributed by atoms with E-state index in [9.17, 15) is 9.18 Å². The fourth-order valence-electron chi connectivity index (χ4n) is 4.22. The van der Waals surface area contributed by atoms with Gasteiger partial charge in [0.1, 0.15) is 11.5 Å². The van der Waals surface area contributed by atoms with Crippen LogP contribution in [0.25, 0.3) is 16.7 Å². The van der Waals surface area contributed by atoms with E-state index in [0.29, 0.717) is 17.9 Å². The van der Waals surface area contributed by atoms with E-state index >= 15 is 0 Å². The third-order valence-corrected chi connectivity index (χ3v) is 5.50. The average Bonchev–Trinajstić information content (AvgIpc) is 2.98. The minimum absolute atomic E-state index is 0.0908. The highest BCUT2D eigenvalue weighted by atomic mass is 19.1. The van der Waals surface area contributed by atoms with Crippen LogP contribution < -0.4 is 5.56 Å². The molecule has 4 aromatic rings. The third-order valence-electron chi connectivity index (χ3n) is 5.50. The number of hydrogen-bond donors (Lipinski definition) is 0. The Kier molecular flexibility index (Phi) is 4.61. The maximum Gasteiger partial charge on any atom is 0.252 e.